The van der Waals surface area contributed by atoms with Crippen molar-refractivity contribution in [1.82, 2.24) is 19.1 Å². The number of amides is 2. The SMILES string of the molecule is CN(Cc1ccc(-c2cnn3c4c(C(N)=O)cc(F)cc4n(COCC[Si](C)(C)C)c23)c(F)c1)C(=O)OC(C)(C)C. The molecule has 2 N–H and O–H groups in total. The van der Waals surface area contributed by atoms with E-state index in [1.165, 1.54) is 27.7 Å². The number of primary amides is 1. The number of aromatic nitrogens is 3. The number of imidazole rings is 1. The van der Waals surface area contributed by atoms with E-state index < -0.39 is 37.3 Å². The van der Waals surface area contributed by atoms with Crippen LogP contribution in [0.2, 0.25) is 25.7 Å². The van der Waals surface area contributed by atoms with Crippen molar-refractivity contribution in [3.05, 3.63) is 59.3 Å². The van der Waals surface area contributed by atoms with Gasteiger partial charge in [-0.15, -0.1) is 0 Å². The Balaban J connectivity index is 1.76. The van der Waals surface area contributed by atoms with Crippen LogP contribution in [0.5, 0.6) is 0 Å². The van der Waals surface area contributed by atoms with Gasteiger partial charge in [0.1, 0.15) is 35.1 Å². The van der Waals surface area contributed by atoms with E-state index in [1.54, 1.807) is 44.5 Å². The van der Waals surface area contributed by atoms with Crippen LogP contribution in [-0.2, 0) is 22.7 Å². The summed E-state index contributed by atoms with van der Waals surface area (Å²) in [6, 6.07) is 7.95. The molecule has 0 radical (unpaired) electrons. The number of benzene rings is 2. The van der Waals surface area contributed by atoms with Crippen molar-refractivity contribution in [2.75, 3.05) is 13.7 Å². The van der Waals surface area contributed by atoms with Gasteiger partial charge in [0.2, 0.25) is 0 Å². The number of nitrogens with zero attached hydrogens (tertiary/aromatic N) is 4. The van der Waals surface area contributed by atoms with Gasteiger partial charge in [-0.1, -0.05) is 31.8 Å². The first-order chi connectivity index (χ1) is 19.1. The van der Waals surface area contributed by atoms with Crippen LogP contribution in [0.4, 0.5) is 13.6 Å². The number of ether oxygens (including phenoxy) is 2. The lowest BCUT2D eigenvalue weighted by Gasteiger charge is -2.24. The summed E-state index contributed by atoms with van der Waals surface area (Å²) in [4.78, 5) is 26.0. The van der Waals surface area contributed by atoms with Crippen LogP contribution in [0.15, 0.2) is 36.5 Å². The fourth-order valence-corrected chi connectivity index (χ4v) is 5.25. The molecule has 220 valence electrons. The monoisotopic (exact) mass is 585 g/mol. The van der Waals surface area contributed by atoms with Crippen LogP contribution in [0, 0.1) is 11.6 Å². The van der Waals surface area contributed by atoms with Crippen molar-refractivity contribution in [3.8, 4) is 11.1 Å². The molecule has 2 heterocycles. The van der Waals surface area contributed by atoms with Gasteiger partial charge < -0.3 is 20.1 Å². The number of nitrogens with two attached hydrogens (primary N) is 1. The molecule has 4 rings (SSSR count). The van der Waals surface area contributed by atoms with E-state index >= 15 is 4.39 Å². The zero-order chi connectivity index (χ0) is 30.3. The lowest BCUT2D eigenvalue weighted by molar-refractivity contribution is 0.0285. The maximum atomic E-state index is 15.6. The first kappa shape index (κ1) is 30.2. The third-order valence-corrected chi connectivity index (χ3v) is 8.19. The molecule has 2 aromatic heterocycles. The molecule has 4 aromatic rings. The second kappa shape index (κ2) is 11.2. The Hall–Kier alpha value is -3.77. The number of hydrogen-bond donors (Lipinski definition) is 1. The van der Waals surface area contributed by atoms with Crippen LogP contribution < -0.4 is 5.73 Å². The molecule has 0 spiro atoms. The highest BCUT2D eigenvalue weighted by Gasteiger charge is 2.25. The molecule has 0 bridgehead atoms. The van der Waals surface area contributed by atoms with E-state index in [1.807, 2.05) is 0 Å². The second-order valence-corrected chi connectivity index (χ2v) is 18.0. The van der Waals surface area contributed by atoms with Crippen molar-refractivity contribution in [1.29, 1.82) is 0 Å². The molecule has 0 atom stereocenters. The molecule has 0 saturated heterocycles. The molecule has 0 aliphatic heterocycles. The topological polar surface area (TPSA) is 104 Å². The summed E-state index contributed by atoms with van der Waals surface area (Å²) in [5, 5.41) is 4.43. The molecule has 0 aliphatic rings. The zero-order valence-corrected chi connectivity index (χ0v) is 25.5. The Morgan fingerprint density at radius 1 is 1.10 bits per heavy atom. The molecule has 2 aromatic carbocycles. The second-order valence-electron chi connectivity index (χ2n) is 12.4. The summed E-state index contributed by atoms with van der Waals surface area (Å²) in [7, 11) is 0.212. The Morgan fingerprint density at radius 2 is 1.80 bits per heavy atom. The van der Waals surface area contributed by atoms with E-state index in [2.05, 4.69) is 24.7 Å². The molecule has 0 unspecified atom stereocenters. The van der Waals surface area contributed by atoms with Crippen molar-refractivity contribution >= 4 is 36.8 Å². The number of halogens is 2. The van der Waals surface area contributed by atoms with Crippen molar-refractivity contribution in [2.45, 2.75) is 65.3 Å². The number of carbonyl (C=O) groups is 2. The van der Waals surface area contributed by atoms with E-state index in [0.717, 1.165) is 12.1 Å². The molecule has 0 saturated carbocycles. The number of rotatable bonds is 9. The molecule has 0 aliphatic carbocycles. The van der Waals surface area contributed by atoms with Crippen molar-refractivity contribution in [3.63, 3.8) is 0 Å². The summed E-state index contributed by atoms with van der Waals surface area (Å²) < 4.78 is 44.8. The van der Waals surface area contributed by atoms with E-state index in [4.69, 9.17) is 15.2 Å². The van der Waals surface area contributed by atoms with Crippen LogP contribution in [0.25, 0.3) is 27.8 Å². The molecule has 2 amide bonds. The van der Waals surface area contributed by atoms with E-state index in [9.17, 15) is 14.0 Å². The molecule has 12 heteroatoms. The highest BCUT2D eigenvalue weighted by Crippen LogP contribution is 2.34. The number of fused-ring (bicyclic) bond motifs is 3. The van der Waals surface area contributed by atoms with Gasteiger partial charge >= 0.3 is 6.09 Å². The summed E-state index contributed by atoms with van der Waals surface area (Å²) in [5.41, 5.74) is 7.23. The van der Waals surface area contributed by atoms with Gasteiger partial charge in [0.15, 0.2) is 0 Å². The van der Waals surface area contributed by atoms with Gasteiger partial charge in [-0.25, -0.2) is 18.1 Å². The fraction of sp³-hybridized carbons (Fsp3) is 0.414. The van der Waals surface area contributed by atoms with Crippen LogP contribution in [0.1, 0.15) is 36.7 Å². The highest BCUT2D eigenvalue weighted by atomic mass is 28.3. The van der Waals surface area contributed by atoms with Gasteiger partial charge in [-0.3, -0.25) is 9.36 Å². The third kappa shape index (κ3) is 6.76. The molecule has 0 fully saturated rings. The summed E-state index contributed by atoms with van der Waals surface area (Å²) >= 11 is 0. The fourth-order valence-electron chi connectivity index (χ4n) is 4.49. The molecular weight excluding hydrogens is 548 g/mol. The Bertz CT molecular complexity index is 1620. The molecule has 9 nitrogen and oxygen atoms in total. The van der Waals surface area contributed by atoms with Crippen LogP contribution in [-0.4, -0.2) is 58.4 Å². The highest BCUT2D eigenvalue weighted by molar-refractivity contribution is 6.76. The normalized spacial score (nSPS) is 12.3. The van der Waals surface area contributed by atoms with Crippen LogP contribution in [0.3, 0.4) is 0 Å². The quantitative estimate of drug-likeness (QED) is 0.191. The summed E-state index contributed by atoms with van der Waals surface area (Å²) in [6.45, 7) is 12.7. The van der Waals surface area contributed by atoms with E-state index in [0.29, 0.717) is 34.4 Å². The molecular formula is C29H37F2N5O4Si. The Morgan fingerprint density at radius 3 is 2.41 bits per heavy atom. The predicted molar refractivity (Wildman–Crippen MR) is 156 cm³/mol. The minimum Gasteiger partial charge on any atom is -0.444 e. The average Bonchev–Trinajstić information content (AvgIpc) is 3.38. The minimum absolute atomic E-state index is 0.0399. The smallest absolute Gasteiger partial charge is 0.410 e. The van der Waals surface area contributed by atoms with Gasteiger partial charge in [0, 0.05) is 39.4 Å². The summed E-state index contributed by atoms with van der Waals surface area (Å²) in [6.07, 6.45) is 0.975. The third-order valence-electron chi connectivity index (χ3n) is 6.49. The van der Waals surface area contributed by atoms with Crippen molar-refractivity contribution in [2.24, 2.45) is 5.73 Å². The van der Waals surface area contributed by atoms with Gasteiger partial charge in [-0.2, -0.15) is 5.10 Å². The Kier molecular flexibility index (Phi) is 8.28. The number of carbonyl (C=O) groups excluding carboxylic acids is 2. The first-order valence-electron chi connectivity index (χ1n) is 13.4. The predicted octanol–water partition coefficient (Wildman–Crippen LogP) is 6.01. The van der Waals surface area contributed by atoms with E-state index in [-0.39, 0.29) is 24.4 Å². The summed E-state index contributed by atoms with van der Waals surface area (Å²) in [5.74, 6) is -1.98. The Labute approximate surface area is 238 Å². The largest absolute Gasteiger partial charge is 0.444 e. The number of hydrogen-bond acceptors (Lipinski definition) is 5. The minimum atomic E-state index is -1.37. The average molecular weight is 586 g/mol. The lowest BCUT2D eigenvalue weighted by atomic mass is 10.1. The molecule has 41 heavy (non-hydrogen) atoms. The van der Waals surface area contributed by atoms with Crippen LogP contribution >= 0.6 is 0 Å². The first-order valence-corrected chi connectivity index (χ1v) is 17.1. The van der Waals surface area contributed by atoms with Gasteiger partial charge in [0.05, 0.1) is 17.3 Å². The van der Waals surface area contributed by atoms with Gasteiger partial charge in [-0.05, 0) is 50.6 Å². The standard InChI is InChI=1S/C29H37F2N5O4Si/c1-29(2,3)40-28(38)34(4)16-18-8-9-20(23(31)12-18)22-15-33-36-25-21(26(32)37)13-19(30)14-24(25)35(27(22)36)17-39-10-11-41(5,6)7/h8-9,12-15H,10-11,16-17H2,1-7H3,(H2,32,37). The maximum absolute atomic E-state index is 15.6. The zero-order valence-electron chi connectivity index (χ0n) is 24.5. The van der Waals surface area contributed by atoms with Crippen molar-refractivity contribution < 1.29 is 27.8 Å². The van der Waals surface area contributed by atoms with Gasteiger partial charge in [0.25, 0.3) is 5.91 Å². The lowest BCUT2D eigenvalue weighted by Crippen LogP contribution is -2.33. The maximum Gasteiger partial charge on any atom is 0.410 e.